The summed E-state index contributed by atoms with van der Waals surface area (Å²) in [5.74, 6) is -2.84. The minimum Gasteiger partial charge on any atom is -0.352 e. The van der Waals surface area contributed by atoms with Crippen molar-refractivity contribution in [2.75, 3.05) is 49.9 Å². The number of amides is 4. The number of rotatable bonds is 22. The SMILES string of the molecule is CC(=O)C(N=Nc1ccc(Cc2ccc(N=NC(C(C)=O)C(=O)Nc3ccc(C(=O)NCCCN4CCCCC4C)cc3)c(Cl)c2)cc1Cl)C(=O)Nc1ccc(C(=O)NCCCN2CCCCC2C)cc1. The lowest BCUT2D eigenvalue weighted by Crippen LogP contribution is -2.39. The van der Waals surface area contributed by atoms with Crippen molar-refractivity contribution >= 4 is 81.1 Å². The van der Waals surface area contributed by atoms with Gasteiger partial charge in [-0.3, -0.25) is 28.8 Å². The maximum absolute atomic E-state index is 13.1. The predicted molar refractivity (Wildman–Crippen MR) is 277 cm³/mol. The lowest BCUT2D eigenvalue weighted by Gasteiger charge is -2.33. The molecule has 2 saturated heterocycles. The number of anilines is 2. The Morgan fingerprint density at radius 3 is 1.32 bits per heavy atom. The highest BCUT2D eigenvalue weighted by atomic mass is 35.5. The minimum atomic E-state index is -1.44. The minimum absolute atomic E-state index is 0.204. The van der Waals surface area contributed by atoms with Gasteiger partial charge in [-0.25, -0.2) is 0 Å². The summed E-state index contributed by atoms with van der Waals surface area (Å²) in [6.07, 6.45) is 9.52. The molecule has 0 bridgehead atoms. The Bertz CT molecular complexity index is 2400. The Balaban J connectivity index is 0.959. The second-order valence-electron chi connectivity index (χ2n) is 18.3. The van der Waals surface area contributed by atoms with Gasteiger partial charge in [-0.15, -0.1) is 0 Å². The van der Waals surface area contributed by atoms with Gasteiger partial charge in [0.15, 0.2) is 11.6 Å². The number of piperidine rings is 2. The Kier molecular flexibility index (Phi) is 20.5. The van der Waals surface area contributed by atoms with Gasteiger partial charge in [0, 0.05) is 60.8 Å². The van der Waals surface area contributed by atoms with E-state index in [1.165, 1.54) is 52.4 Å². The Morgan fingerprint density at radius 1 is 0.577 bits per heavy atom. The molecule has 0 aromatic heterocycles. The molecule has 4 aromatic rings. The summed E-state index contributed by atoms with van der Waals surface area (Å²) in [5, 5.41) is 28.1. The Hall–Kier alpha value is -6.20. The van der Waals surface area contributed by atoms with Gasteiger partial charge in [0.1, 0.15) is 11.4 Å². The smallest absolute Gasteiger partial charge is 0.258 e. The molecule has 4 aromatic carbocycles. The maximum atomic E-state index is 13.1. The average molecular weight is 1010 g/mol. The van der Waals surface area contributed by atoms with E-state index in [4.69, 9.17) is 23.2 Å². The van der Waals surface area contributed by atoms with Crippen molar-refractivity contribution in [3.05, 3.63) is 117 Å². The third-order valence-electron chi connectivity index (χ3n) is 12.8. The van der Waals surface area contributed by atoms with Crippen LogP contribution in [0.25, 0.3) is 0 Å². The number of benzene rings is 4. The first-order chi connectivity index (χ1) is 34.1. The molecule has 4 unspecified atom stereocenters. The topological polar surface area (TPSA) is 206 Å². The fraction of sp³-hybridized carbons (Fsp3) is 0.434. The molecule has 16 nitrogen and oxygen atoms in total. The molecule has 4 N–H and O–H groups in total. The molecule has 71 heavy (non-hydrogen) atoms. The largest absolute Gasteiger partial charge is 0.352 e. The van der Waals surface area contributed by atoms with E-state index in [1.54, 1.807) is 84.9 Å². The van der Waals surface area contributed by atoms with E-state index in [0.717, 1.165) is 50.1 Å². The van der Waals surface area contributed by atoms with Gasteiger partial charge >= 0.3 is 0 Å². The molecular weight excluding hydrogens is 944 g/mol. The number of Topliss-reactive ketones (excluding diaryl/α,β-unsaturated/α-hetero) is 2. The second kappa shape index (κ2) is 26.9. The van der Waals surface area contributed by atoms with Crippen molar-refractivity contribution < 1.29 is 28.8 Å². The number of hydrogen-bond donors (Lipinski definition) is 4. The number of nitrogens with one attached hydrogen (secondary N) is 4. The van der Waals surface area contributed by atoms with E-state index in [0.29, 0.717) is 54.1 Å². The number of carbonyl (C=O) groups is 6. The number of halogens is 2. The standard InChI is InChI=1S/C53H64Cl2N10O6/c1-34-11-5-7-27-64(34)29-9-25-56-50(68)40-15-19-42(20-16-40)58-52(70)48(36(3)66)62-60-46-23-13-38(32-44(46)54)31-39-14-24-47(45(55)33-39)61-63-49(37(4)67)53(71)59-43-21-17-41(18-22-43)51(69)57-26-10-30-65-28-8-6-12-35(65)2/h13-24,32-35,48-49H,5-12,25-31H2,1-4H3,(H,56,68)(H,57,69)(H,58,70)(H,59,71). The highest BCUT2D eigenvalue weighted by Gasteiger charge is 2.25. The van der Waals surface area contributed by atoms with Gasteiger partial charge in [0.2, 0.25) is 12.1 Å². The molecule has 0 radical (unpaired) electrons. The van der Waals surface area contributed by atoms with Crippen LogP contribution in [-0.4, -0.2) is 108 Å². The summed E-state index contributed by atoms with van der Waals surface area (Å²) >= 11 is 13.2. The zero-order chi connectivity index (χ0) is 50.9. The van der Waals surface area contributed by atoms with E-state index in [-0.39, 0.29) is 33.2 Å². The lowest BCUT2D eigenvalue weighted by atomic mass is 10.0. The molecule has 4 atom stereocenters. The third kappa shape index (κ3) is 16.4. The molecule has 6 rings (SSSR count). The van der Waals surface area contributed by atoms with Gasteiger partial charge in [0.05, 0.1) is 10.0 Å². The van der Waals surface area contributed by atoms with Crippen LogP contribution in [0.15, 0.2) is 105 Å². The molecule has 2 aliphatic rings. The zero-order valence-electron chi connectivity index (χ0n) is 40.9. The molecule has 18 heteroatoms. The maximum Gasteiger partial charge on any atom is 0.258 e. The zero-order valence-corrected chi connectivity index (χ0v) is 42.4. The fourth-order valence-electron chi connectivity index (χ4n) is 8.58. The highest BCUT2D eigenvalue weighted by Crippen LogP contribution is 2.31. The molecular formula is C53H64Cl2N10O6. The van der Waals surface area contributed by atoms with Crippen LogP contribution in [-0.2, 0) is 25.6 Å². The summed E-state index contributed by atoms with van der Waals surface area (Å²) in [5.41, 5.74) is 3.76. The molecule has 4 amide bonds. The van der Waals surface area contributed by atoms with Crippen LogP contribution in [0.3, 0.4) is 0 Å². The van der Waals surface area contributed by atoms with E-state index < -0.39 is 35.5 Å². The first kappa shape index (κ1) is 54.1. The Labute approximate surface area is 425 Å². The van der Waals surface area contributed by atoms with E-state index in [2.05, 4.69) is 65.4 Å². The van der Waals surface area contributed by atoms with E-state index >= 15 is 0 Å². The molecule has 0 saturated carbocycles. The van der Waals surface area contributed by atoms with Gasteiger partial charge < -0.3 is 31.1 Å². The van der Waals surface area contributed by atoms with Crippen molar-refractivity contribution in [3.8, 4) is 0 Å². The van der Waals surface area contributed by atoms with Gasteiger partial charge in [-0.05, 0) is 170 Å². The summed E-state index contributed by atoms with van der Waals surface area (Å²) in [6.45, 7) is 12.2. The number of ketones is 2. The summed E-state index contributed by atoms with van der Waals surface area (Å²) in [7, 11) is 0. The predicted octanol–water partition coefficient (Wildman–Crippen LogP) is 9.93. The lowest BCUT2D eigenvalue weighted by molar-refractivity contribution is -0.127. The first-order valence-electron chi connectivity index (χ1n) is 24.4. The third-order valence-corrected chi connectivity index (χ3v) is 13.4. The van der Waals surface area contributed by atoms with Crippen LogP contribution in [0, 0.1) is 0 Å². The normalized spacial score (nSPS) is 17.4. The molecule has 0 aliphatic carbocycles. The van der Waals surface area contributed by atoms with Crippen molar-refractivity contribution in [1.82, 2.24) is 20.4 Å². The summed E-state index contributed by atoms with van der Waals surface area (Å²) in [6, 6.07) is 21.2. The number of azo groups is 2. The summed E-state index contributed by atoms with van der Waals surface area (Å²) < 4.78 is 0. The van der Waals surface area contributed by atoms with Crippen LogP contribution in [0.4, 0.5) is 22.7 Å². The molecule has 376 valence electrons. The van der Waals surface area contributed by atoms with Crippen molar-refractivity contribution in [2.24, 2.45) is 20.5 Å². The van der Waals surface area contributed by atoms with Crippen molar-refractivity contribution in [2.45, 2.75) is 110 Å². The molecule has 2 aliphatic heterocycles. The van der Waals surface area contributed by atoms with Crippen LogP contribution < -0.4 is 21.3 Å². The van der Waals surface area contributed by atoms with Crippen LogP contribution in [0.5, 0.6) is 0 Å². The average Bonchev–Trinajstić information content (AvgIpc) is 3.34. The van der Waals surface area contributed by atoms with Crippen LogP contribution >= 0.6 is 23.2 Å². The first-order valence-corrected chi connectivity index (χ1v) is 25.2. The monoisotopic (exact) mass is 1010 g/mol. The van der Waals surface area contributed by atoms with Gasteiger partial charge in [-0.2, -0.15) is 20.5 Å². The van der Waals surface area contributed by atoms with Crippen molar-refractivity contribution in [3.63, 3.8) is 0 Å². The van der Waals surface area contributed by atoms with Gasteiger partial charge in [-0.1, -0.05) is 48.2 Å². The number of likely N-dealkylation sites (tertiary alicyclic amines) is 2. The summed E-state index contributed by atoms with van der Waals surface area (Å²) in [4.78, 5) is 81.7. The van der Waals surface area contributed by atoms with Crippen LogP contribution in [0.1, 0.15) is 111 Å². The number of hydrogen-bond acceptors (Lipinski definition) is 12. The Morgan fingerprint density at radius 2 is 0.972 bits per heavy atom. The highest BCUT2D eigenvalue weighted by molar-refractivity contribution is 6.33. The van der Waals surface area contributed by atoms with E-state index in [9.17, 15) is 28.8 Å². The molecule has 0 spiro atoms. The van der Waals surface area contributed by atoms with Crippen molar-refractivity contribution in [1.29, 1.82) is 0 Å². The van der Waals surface area contributed by atoms with E-state index in [1.807, 2.05) is 0 Å². The molecule has 2 heterocycles. The van der Waals surface area contributed by atoms with Crippen LogP contribution in [0.2, 0.25) is 10.0 Å². The number of carbonyl (C=O) groups excluding carboxylic acids is 6. The molecule has 2 fully saturated rings. The fourth-order valence-corrected chi connectivity index (χ4v) is 9.06. The quantitative estimate of drug-likeness (QED) is 0.0338. The van der Waals surface area contributed by atoms with Gasteiger partial charge in [0.25, 0.3) is 23.6 Å². The number of nitrogens with zero attached hydrogens (tertiary/aromatic N) is 6. The second-order valence-corrected chi connectivity index (χ2v) is 19.1.